The van der Waals surface area contributed by atoms with E-state index in [-0.39, 0.29) is 17.3 Å². The molecule has 0 bridgehead atoms. The van der Waals surface area contributed by atoms with Gasteiger partial charge in [0.15, 0.2) is 0 Å². The summed E-state index contributed by atoms with van der Waals surface area (Å²) in [6.45, 7) is 1.49. The number of methoxy groups -OCH3 is 2. The van der Waals surface area contributed by atoms with E-state index in [0.717, 1.165) is 0 Å². The summed E-state index contributed by atoms with van der Waals surface area (Å²) in [4.78, 5) is 18.2. The van der Waals surface area contributed by atoms with Crippen molar-refractivity contribution in [2.45, 2.75) is 6.92 Å². The molecule has 0 fully saturated rings. The monoisotopic (exact) mass is 262 g/mol. The minimum atomic E-state index is -0.396. The lowest BCUT2D eigenvalue weighted by atomic mass is 10.1. The molecule has 0 aliphatic carbocycles. The average Bonchev–Trinajstić information content (AvgIpc) is 2.43. The highest BCUT2D eigenvalue weighted by atomic mass is 16.5. The number of nitrogens with one attached hydrogen (secondary N) is 1. The molecule has 2 aromatic rings. The Morgan fingerprint density at radius 1 is 1.26 bits per heavy atom. The Morgan fingerprint density at radius 2 is 2.00 bits per heavy atom. The number of ether oxygens (including phenoxy) is 2. The van der Waals surface area contributed by atoms with Crippen LogP contribution in [0.5, 0.6) is 17.4 Å². The Kier molecular flexibility index (Phi) is 3.41. The second-order valence-corrected chi connectivity index (χ2v) is 3.93. The van der Waals surface area contributed by atoms with Gasteiger partial charge >= 0.3 is 0 Å². The molecular weight excluding hydrogens is 248 g/mol. The maximum Gasteiger partial charge on any atom is 0.257 e. The molecule has 0 aliphatic rings. The Morgan fingerprint density at radius 3 is 2.58 bits per heavy atom. The van der Waals surface area contributed by atoms with Crippen LogP contribution in [-0.2, 0) is 0 Å². The third-order valence-electron chi connectivity index (χ3n) is 2.79. The summed E-state index contributed by atoms with van der Waals surface area (Å²) in [7, 11) is 3.05. The molecule has 2 N–H and O–H groups in total. The second-order valence-electron chi connectivity index (χ2n) is 3.93. The van der Waals surface area contributed by atoms with E-state index >= 15 is 0 Å². The van der Waals surface area contributed by atoms with Crippen molar-refractivity contribution in [3.63, 3.8) is 0 Å². The van der Waals surface area contributed by atoms with Crippen molar-refractivity contribution in [3.8, 4) is 28.8 Å². The quantitative estimate of drug-likeness (QED) is 0.875. The topological polar surface area (TPSA) is 84.4 Å². The lowest BCUT2D eigenvalue weighted by molar-refractivity contribution is 0.404. The maximum absolute atomic E-state index is 11.7. The largest absolute Gasteiger partial charge is 0.497 e. The minimum Gasteiger partial charge on any atom is -0.497 e. The highest BCUT2D eigenvalue weighted by Crippen LogP contribution is 2.31. The Hall–Kier alpha value is -2.50. The molecule has 0 saturated carbocycles. The van der Waals surface area contributed by atoms with Gasteiger partial charge in [0.25, 0.3) is 5.56 Å². The minimum absolute atomic E-state index is 0.172. The van der Waals surface area contributed by atoms with Crippen molar-refractivity contribution in [1.82, 2.24) is 9.97 Å². The zero-order valence-electron chi connectivity index (χ0n) is 10.9. The molecular formula is C13H14N2O4. The van der Waals surface area contributed by atoms with Gasteiger partial charge in [0, 0.05) is 0 Å². The molecule has 0 atom stereocenters. The van der Waals surface area contributed by atoms with E-state index in [4.69, 9.17) is 9.47 Å². The van der Waals surface area contributed by atoms with Crippen LogP contribution in [0.1, 0.15) is 5.56 Å². The first-order valence-electron chi connectivity index (χ1n) is 5.59. The fourth-order valence-corrected chi connectivity index (χ4v) is 1.65. The number of benzene rings is 1. The molecule has 0 spiro atoms. The third kappa shape index (κ3) is 2.37. The molecule has 0 radical (unpaired) electrons. The van der Waals surface area contributed by atoms with E-state index in [0.29, 0.717) is 17.1 Å². The summed E-state index contributed by atoms with van der Waals surface area (Å²) in [5, 5.41) is 9.63. The number of hydrogen-bond donors (Lipinski definition) is 2. The molecule has 0 saturated heterocycles. The summed E-state index contributed by atoms with van der Waals surface area (Å²) in [6.07, 6.45) is 0. The Balaban J connectivity index is 2.66. The summed E-state index contributed by atoms with van der Waals surface area (Å²) < 4.78 is 10.3. The molecule has 1 aromatic carbocycles. The SMILES string of the molecule is COc1ccc(OC)c(-c2nc(O)c(C)c(=O)[nH]2)c1. The summed E-state index contributed by atoms with van der Waals surface area (Å²) in [5.74, 6) is 1.04. The summed E-state index contributed by atoms with van der Waals surface area (Å²) in [6, 6.07) is 5.10. The highest BCUT2D eigenvalue weighted by Gasteiger charge is 2.13. The Bertz CT molecular complexity index is 664. The van der Waals surface area contributed by atoms with E-state index in [2.05, 4.69) is 9.97 Å². The van der Waals surface area contributed by atoms with Gasteiger partial charge in [-0.05, 0) is 25.1 Å². The first kappa shape index (κ1) is 12.9. The molecule has 6 heteroatoms. The predicted octanol–water partition coefficient (Wildman–Crippen LogP) is 1.47. The standard InChI is InChI=1S/C13H14N2O4/c1-7-12(16)14-11(15-13(7)17)9-6-8(18-2)4-5-10(9)19-3/h4-6H,1-3H3,(H2,14,15,16,17). The van der Waals surface area contributed by atoms with E-state index in [1.807, 2.05) is 0 Å². The van der Waals surface area contributed by atoms with Crippen LogP contribution in [0.4, 0.5) is 0 Å². The van der Waals surface area contributed by atoms with Crippen LogP contribution in [0.25, 0.3) is 11.4 Å². The zero-order valence-corrected chi connectivity index (χ0v) is 10.9. The number of hydrogen-bond acceptors (Lipinski definition) is 5. The molecule has 1 heterocycles. The molecule has 100 valence electrons. The number of nitrogens with zero attached hydrogens (tertiary/aromatic N) is 1. The van der Waals surface area contributed by atoms with Gasteiger partial charge < -0.3 is 19.6 Å². The van der Waals surface area contributed by atoms with Crippen LogP contribution < -0.4 is 15.0 Å². The van der Waals surface area contributed by atoms with E-state index < -0.39 is 5.56 Å². The fraction of sp³-hybridized carbons (Fsp3) is 0.231. The van der Waals surface area contributed by atoms with Crippen molar-refractivity contribution in [2.24, 2.45) is 0 Å². The van der Waals surface area contributed by atoms with Crippen LogP contribution >= 0.6 is 0 Å². The van der Waals surface area contributed by atoms with Gasteiger partial charge in [-0.2, -0.15) is 4.98 Å². The smallest absolute Gasteiger partial charge is 0.257 e. The number of rotatable bonds is 3. The highest BCUT2D eigenvalue weighted by molar-refractivity contribution is 5.66. The van der Waals surface area contributed by atoms with Crippen LogP contribution in [0.2, 0.25) is 0 Å². The number of H-pyrrole nitrogens is 1. The fourth-order valence-electron chi connectivity index (χ4n) is 1.65. The first-order chi connectivity index (χ1) is 9.06. The maximum atomic E-state index is 11.7. The van der Waals surface area contributed by atoms with E-state index in [1.54, 1.807) is 18.2 Å². The predicted molar refractivity (Wildman–Crippen MR) is 69.8 cm³/mol. The summed E-state index contributed by atoms with van der Waals surface area (Å²) >= 11 is 0. The lowest BCUT2D eigenvalue weighted by Crippen LogP contribution is -2.12. The van der Waals surface area contributed by atoms with Crippen molar-refractivity contribution in [2.75, 3.05) is 14.2 Å². The first-order valence-corrected chi connectivity index (χ1v) is 5.59. The second kappa shape index (κ2) is 5.01. The molecule has 2 rings (SSSR count). The van der Waals surface area contributed by atoms with Gasteiger partial charge in [0.1, 0.15) is 17.3 Å². The van der Waals surface area contributed by atoms with Gasteiger partial charge in [-0.1, -0.05) is 0 Å². The van der Waals surface area contributed by atoms with Crippen LogP contribution in [0, 0.1) is 6.92 Å². The molecule has 0 aliphatic heterocycles. The lowest BCUT2D eigenvalue weighted by Gasteiger charge is -2.10. The van der Waals surface area contributed by atoms with Crippen molar-refractivity contribution >= 4 is 0 Å². The zero-order chi connectivity index (χ0) is 14.0. The number of aromatic hydroxyl groups is 1. The third-order valence-corrected chi connectivity index (χ3v) is 2.79. The van der Waals surface area contributed by atoms with Crippen molar-refractivity contribution in [1.29, 1.82) is 0 Å². The molecule has 0 amide bonds. The van der Waals surface area contributed by atoms with Crippen LogP contribution in [0.15, 0.2) is 23.0 Å². The number of aromatic nitrogens is 2. The average molecular weight is 262 g/mol. The van der Waals surface area contributed by atoms with Gasteiger partial charge in [0.05, 0.1) is 25.3 Å². The van der Waals surface area contributed by atoms with Gasteiger partial charge in [-0.15, -0.1) is 0 Å². The van der Waals surface area contributed by atoms with Gasteiger partial charge in [-0.25, -0.2) is 0 Å². The van der Waals surface area contributed by atoms with Crippen LogP contribution in [0.3, 0.4) is 0 Å². The molecule has 19 heavy (non-hydrogen) atoms. The van der Waals surface area contributed by atoms with Crippen molar-refractivity contribution in [3.05, 3.63) is 34.1 Å². The van der Waals surface area contributed by atoms with Gasteiger partial charge in [0.2, 0.25) is 5.88 Å². The number of aromatic amines is 1. The molecule has 1 aromatic heterocycles. The van der Waals surface area contributed by atoms with E-state index in [9.17, 15) is 9.90 Å². The van der Waals surface area contributed by atoms with E-state index in [1.165, 1.54) is 21.1 Å². The summed E-state index contributed by atoms with van der Waals surface area (Å²) in [5.41, 5.74) is 0.312. The van der Waals surface area contributed by atoms with Crippen LogP contribution in [-0.4, -0.2) is 29.3 Å². The Labute approximate surface area is 109 Å². The molecule has 6 nitrogen and oxygen atoms in total. The van der Waals surface area contributed by atoms with Crippen molar-refractivity contribution < 1.29 is 14.6 Å². The van der Waals surface area contributed by atoms with Gasteiger partial charge in [-0.3, -0.25) is 4.79 Å². The normalized spacial score (nSPS) is 10.3. The molecule has 0 unspecified atom stereocenters.